The summed E-state index contributed by atoms with van der Waals surface area (Å²) in [6, 6.07) is 10.2. The van der Waals surface area contributed by atoms with Gasteiger partial charge in [-0.1, -0.05) is 50.9 Å². The van der Waals surface area contributed by atoms with Crippen molar-refractivity contribution in [3.05, 3.63) is 88.8 Å². The molecule has 0 saturated carbocycles. The molecule has 0 atom stereocenters. The first-order chi connectivity index (χ1) is 26.0. The largest absolute Gasteiger partial charge is 0.507 e. The summed E-state index contributed by atoms with van der Waals surface area (Å²) in [5.41, 5.74) is 5.08. The molecule has 0 bridgehead atoms. The minimum atomic E-state index is -1.24. The van der Waals surface area contributed by atoms with Gasteiger partial charge in [0.15, 0.2) is 11.5 Å². The Morgan fingerprint density at radius 1 is 0.696 bits per heavy atom. The van der Waals surface area contributed by atoms with Crippen molar-refractivity contribution < 1.29 is 44.0 Å². The lowest BCUT2D eigenvalue weighted by atomic mass is 9.99. The minimum absolute atomic E-state index is 0.0850. The molecule has 0 spiro atoms. The van der Waals surface area contributed by atoms with Crippen LogP contribution in [-0.2, 0) is 19.2 Å². The number of nitrogens with one attached hydrogen (secondary N) is 2. The maximum atomic E-state index is 11.9. The number of aryl methyl sites for hydroxylation is 2. The van der Waals surface area contributed by atoms with E-state index in [0.717, 1.165) is 22.3 Å². The zero-order chi connectivity index (χ0) is 42.3. The van der Waals surface area contributed by atoms with Crippen LogP contribution in [0.5, 0.6) is 34.5 Å². The van der Waals surface area contributed by atoms with E-state index in [1.807, 2.05) is 47.6 Å². The Bertz CT molecular complexity index is 2040. The standard InChI is InChI=1S/C21H23Br2NO4.C20H21Cl2NO5/c1-10(2)15-8-14(6-11(3)20(15)27)28-21-16(22)9-17(13(5)19(21)23)24-18(26)7-12(4)25;1-9(2)13-6-12(5-10(3)19(13)27)28-20-14(21)7-15(11(4)18(20)22)23-16(24)8-17(25)26/h6,8-10,27H,7H2,1-5H3,(H,24,26);5-7,9,27H,8H2,1-4H3,(H,23,24)(H,25,26). The van der Waals surface area contributed by atoms with Gasteiger partial charge in [0, 0.05) is 22.5 Å². The van der Waals surface area contributed by atoms with Crippen LogP contribution in [0.1, 0.15) is 92.7 Å². The summed E-state index contributed by atoms with van der Waals surface area (Å²) in [5, 5.41) is 34.7. The van der Waals surface area contributed by atoms with Crippen LogP contribution in [-0.4, -0.2) is 38.9 Å². The van der Waals surface area contributed by atoms with Crippen molar-refractivity contribution in [1.82, 2.24) is 0 Å². The summed E-state index contributed by atoms with van der Waals surface area (Å²) in [6.45, 7) is 16.4. The SMILES string of the molecule is CC(=O)CC(=O)Nc1cc(Br)c(Oc2cc(C)c(O)c(C(C)C)c2)c(Br)c1C.Cc1cc(Oc2c(Cl)cc(NC(=O)CC(=O)O)c(C)c2Cl)cc(C(C)C)c1O. The number of anilines is 2. The molecule has 0 heterocycles. The maximum Gasteiger partial charge on any atom is 0.312 e. The molecule has 4 aromatic rings. The second kappa shape index (κ2) is 19.7. The summed E-state index contributed by atoms with van der Waals surface area (Å²) in [6.07, 6.45) is -0.838. The van der Waals surface area contributed by atoms with Crippen molar-refractivity contribution in [2.45, 2.75) is 87.0 Å². The molecule has 15 heteroatoms. The molecule has 5 N–H and O–H groups in total. The smallest absolute Gasteiger partial charge is 0.312 e. The molecule has 4 aromatic carbocycles. The van der Waals surface area contributed by atoms with Gasteiger partial charge in [0.2, 0.25) is 11.8 Å². The normalized spacial score (nSPS) is 10.8. The van der Waals surface area contributed by atoms with E-state index in [0.29, 0.717) is 48.7 Å². The van der Waals surface area contributed by atoms with Crippen LogP contribution < -0.4 is 20.1 Å². The first kappa shape index (κ1) is 46.1. The van der Waals surface area contributed by atoms with E-state index in [9.17, 15) is 29.4 Å². The Hall–Kier alpha value is -4.30. The number of phenolic OH excluding ortho intramolecular Hbond substituents is 2. The zero-order valence-corrected chi connectivity index (χ0v) is 37.0. The van der Waals surface area contributed by atoms with Crippen molar-refractivity contribution in [3.63, 3.8) is 0 Å². The summed E-state index contributed by atoms with van der Waals surface area (Å²) >= 11 is 19.7. The second-order valence-electron chi connectivity index (χ2n) is 13.8. The molecule has 0 unspecified atom stereocenters. The predicted molar refractivity (Wildman–Crippen MR) is 227 cm³/mol. The molecule has 0 aliphatic carbocycles. The van der Waals surface area contributed by atoms with Gasteiger partial charge >= 0.3 is 5.97 Å². The Kier molecular flexibility index (Phi) is 16.2. The third-order valence-electron chi connectivity index (χ3n) is 8.40. The number of aliphatic carboxylic acids is 1. The molecule has 0 aromatic heterocycles. The number of halogens is 4. The fourth-order valence-corrected chi connectivity index (χ4v) is 7.18. The molecule has 0 aliphatic heterocycles. The number of carbonyl (C=O) groups is 4. The highest BCUT2D eigenvalue weighted by Gasteiger charge is 2.21. The van der Waals surface area contributed by atoms with Crippen LogP contribution in [0.3, 0.4) is 0 Å². The van der Waals surface area contributed by atoms with Crippen LogP contribution in [0.4, 0.5) is 11.4 Å². The highest BCUT2D eigenvalue weighted by atomic mass is 79.9. The quantitative estimate of drug-likeness (QED) is 0.0867. The molecule has 0 radical (unpaired) electrons. The number of rotatable bonds is 12. The number of carbonyl (C=O) groups excluding carboxylic acids is 3. The van der Waals surface area contributed by atoms with Crippen LogP contribution in [0, 0.1) is 27.7 Å². The average Bonchev–Trinajstić information content (AvgIpc) is 3.08. The number of ketones is 1. The molecule has 300 valence electrons. The van der Waals surface area contributed by atoms with Crippen molar-refractivity contribution in [2.24, 2.45) is 0 Å². The highest BCUT2D eigenvalue weighted by Crippen LogP contribution is 2.45. The van der Waals surface area contributed by atoms with E-state index < -0.39 is 18.3 Å². The van der Waals surface area contributed by atoms with Crippen molar-refractivity contribution >= 4 is 90.0 Å². The number of aromatic hydroxyl groups is 2. The molecule has 2 amide bonds. The van der Waals surface area contributed by atoms with Gasteiger partial charge in [-0.25, -0.2) is 0 Å². The predicted octanol–water partition coefficient (Wildman–Crippen LogP) is 12.0. The highest BCUT2D eigenvalue weighted by molar-refractivity contribution is 9.11. The number of ether oxygens (including phenoxy) is 2. The minimum Gasteiger partial charge on any atom is -0.507 e. The molecule has 56 heavy (non-hydrogen) atoms. The van der Waals surface area contributed by atoms with Gasteiger partial charge in [0.1, 0.15) is 35.2 Å². The number of carboxylic acids is 1. The number of benzene rings is 4. The van der Waals surface area contributed by atoms with Crippen LogP contribution in [0.2, 0.25) is 10.0 Å². The van der Waals surface area contributed by atoms with Crippen molar-refractivity contribution in [3.8, 4) is 34.5 Å². The van der Waals surface area contributed by atoms with Crippen LogP contribution >= 0.6 is 55.1 Å². The van der Waals surface area contributed by atoms with Gasteiger partial charge in [-0.15, -0.1) is 0 Å². The Balaban J connectivity index is 0.000000300. The van der Waals surface area contributed by atoms with E-state index >= 15 is 0 Å². The third kappa shape index (κ3) is 11.9. The number of hydrogen-bond acceptors (Lipinski definition) is 8. The number of Topliss-reactive ketones (excluding diaryl/α,β-unsaturated/α-hetero) is 1. The first-order valence-electron chi connectivity index (χ1n) is 17.3. The molecular weight excluding hydrogens is 895 g/mol. The average molecular weight is 940 g/mol. The van der Waals surface area contributed by atoms with Crippen LogP contribution in [0.25, 0.3) is 0 Å². The summed E-state index contributed by atoms with van der Waals surface area (Å²) in [5.74, 6) is 0.0689. The van der Waals surface area contributed by atoms with Crippen LogP contribution in [0.15, 0.2) is 45.3 Å². The van der Waals surface area contributed by atoms with Gasteiger partial charge < -0.3 is 35.4 Å². The van der Waals surface area contributed by atoms with E-state index in [4.69, 9.17) is 37.8 Å². The van der Waals surface area contributed by atoms with E-state index in [1.54, 1.807) is 38.1 Å². The van der Waals surface area contributed by atoms with Gasteiger partial charge in [-0.2, -0.15) is 0 Å². The van der Waals surface area contributed by atoms with E-state index in [2.05, 4.69) is 42.5 Å². The lowest BCUT2D eigenvalue weighted by Gasteiger charge is -2.18. The molecule has 0 fully saturated rings. The maximum absolute atomic E-state index is 11.9. The van der Waals surface area contributed by atoms with Gasteiger partial charge in [-0.3, -0.25) is 19.2 Å². The lowest BCUT2D eigenvalue weighted by molar-refractivity contribution is -0.139. The number of amides is 2. The summed E-state index contributed by atoms with van der Waals surface area (Å²) in [7, 11) is 0. The molecule has 0 saturated heterocycles. The number of phenols is 2. The molecule has 4 rings (SSSR count). The first-order valence-corrected chi connectivity index (χ1v) is 19.7. The number of carboxylic acid groups (broad SMARTS) is 1. The number of hydrogen-bond donors (Lipinski definition) is 5. The van der Waals surface area contributed by atoms with Crippen molar-refractivity contribution in [2.75, 3.05) is 10.6 Å². The monoisotopic (exact) mass is 936 g/mol. The van der Waals surface area contributed by atoms with E-state index in [1.165, 1.54) is 13.0 Å². The second-order valence-corrected chi connectivity index (χ2v) is 16.2. The lowest BCUT2D eigenvalue weighted by Crippen LogP contribution is -2.16. The summed E-state index contributed by atoms with van der Waals surface area (Å²) < 4.78 is 13.3. The van der Waals surface area contributed by atoms with E-state index in [-0.39, 0.29) is 57.2 Å². The third-order valence-corrected chi connectivity index (χ3v) is 10.7. The fraction of sp³-hybridized carbons (Fsp3) is 0.317. The topological polar surface area (TPSA) is 171 Å². The summed E-state index contributed by atoms with van der Waals surface area (Å²) in [4.78, 5) is 45.4. The zero-order valence-electron chi connectivity index (χ0n) is 32.3. The van der Waals surface area contributed by atoms with Gasteiger partial charge in [-0.05, 0) is 137 Å². The fourth-order valence-electron chi connectivity index (χ4n) is 5.37. The molecule has 0 aliphatic rings. The Morgan fingerprint density at radius 3 is 1.59 bits per heavy atom. The van der Waals surface area contributed by atoms with Gasteiger partial charge in [0.25, 0.3) is 0 Å². The molecule has 11 nitrogen and oxygen atoms in total. The Morgan fingerprint density at radius 2 is 1.14 bits per heavy atom. The van der Waals surface area contributed by atoms with Gasteiger partial charge in [0.05, 0.1) is 25.4 Å². The van der Waals surface area contributed by atoms with Crippen molar-refractivity contribution in [1.29, 1.82) is 0 Å². The Labute approximate surface area is 353 Å². The molecular formula is C41H44Br2Cl2N2O9.